The highest BCUT2D eigenvalue weighted by atomic mass is 16.2. The second-order valence-electron chi connectivity index (χ2n) is 4.45. The lowest BCUT2D eigenvalue weighted by atomic mass is 10.0. The average Bonchev–Trinajstić information content (AvgIpc) is 2.60. The Labute approximate surface area is 97.0 Å². The molecule has 90 valence electrons. The van der Waals surface area contributed by atoms with Crippen LogP contribution in [0.5, 0.6) is 0 Å². The Kier molecular flexibility index (Phi) is 4.12. The van der Waals surface area contributed by atoms with Crippen LogP contribution >= 0.6 is 0 Å². The molecule has 0 bridgehead atoms. The van der Waals surface area contributed by atoms with Gasteiger partial charge in [-0.25, -0.2) is 0 Å². The number of hydrogen-bond acceptors (Lipinski definition) is 2. The van der Waals surface area contributed by atoms with Crippen LogP contribution in [0.4, 0.5) is 0 Å². The molecule has 0 spiro atoms. The van der Waals surface area contributed by atoms with Crippen molar-refractivity contribution in [3.8, 4) is 0 Å². The fraction of sp³-hybridized carbons (Fsp3) is 0.583. The van der Waals surface area contributed by atoms with E-state index in [1.165, 1.54) is 0 Å². The molecular weight excluding hydrogens is 202 g/mol. The summed E-state index contributed by atoms with van der Waals surface area (Å²) in [6.07, 6.45) is 1.97. The van der Waals surface area contributed by atoms with Gasteiger partial charge in [-0.3, -0.25) is 4.79 Å². The number of carbonyl (C=O) groups is 1. The molecular formula is C12H21N3O. The van der Waals surface area contributed by atoms with Crippen LogP contribution < -0.4 is 10.6 Å². The van der Waals surface area contributed by atoms with Crippen molar-refractivity contribution in [2.75, 3.05) is 6.54 Å². The number of amides is 1. The predicted octanol–water partition coefficient (Wildman–Crippen LogP) is 1.03. The molecule has 4 heteroatoms. The minimum Gasteiger partial charge on any atom is -0.353 e. The predicted molar refractivity (Wildman–Crippen MR) is 65.0 cm³/mol. The molecule has 0 aliphatic heterocycles. The van der Waals surface area contributed by atoms with Gasteiger partial charge in [-0.2, -0.15) is 0 Å². The third-order valence-corrected chi connectivity index (χ3v) is 2.67. The number of nitrogens with one attached hydrogen (secondary N) is 2. The van der Waals surface area contributed by atoms with Crippen molar-refractivity contribution in [3.63, 3.8) is 0 Å². The van der Waals surface area contributed by atoms with E-state index in [2.05, 4.69) is 10.6 Å². The average molecular weight is 223 g/mol. The van der Waals surface area contributed by atoms with E-state index in [4.69, 9.17) is 0 Å². The summed E-state index contributed by atoms with van der Waals surface area (Å²) in [5, 5.41) is 6.08. The monoisotopic (exact) mass is 223 g/mol. The number of nitrogens with zero attached hydrogens (tertiary/aromatic N) is 1. The van der Waals surface area contributed by atoms with Crippen molar-refractivity contribution in [2.24, 2.45) is 7.05 Å². The highest BCUT2D eigenvalue weighted by molar-refractivity contribution is 5.85. The van der Waals surface area contributed by atoms with E-state index < -0.39 is 5.54 Å². The summed E-state index contributed by atoms with van der Waals surface area (Å²) in [7, 11) is 1.97. The van der Waals surface area contributed by atoms with Crippen molar-refractivity contribution >= 4 is 5.91 Å². The molecule has 0 aromatic carbocycles. The highest BCUT2D eigenvalue weighted by Crippen LogP contribution is 2.03. The van der Waals surface area contributed by atoms with E-state index in [0.717, 1.165) is 12.2 Å². The van der Waals surface area contributed by atoms with Crippen LogP contribution in [0.25, 0.3) is 0 Å². The van der Waals surface area contributed by atoms with Gasteiger partial charge >= 0.3 is 0 Å². The second kappa shape index (κ2) is 5.16. The maximum Gasteiger partial charge on any atom is 0.240 e. The fourth-order valence-corrected chi connectivity index (χ4v) is 1.59. The third kappa shape index (κ3) is 3.10. The SMILES string of the molecule is CCNC(C)(C)C(=O)NCc1cccn1C. The fourth-order valence-electron chi connectivity index (χ4n) is 1.59. The van der Waals surface area contributed by atoms with Gasteiger partial charge in [0.1, 0.15) is 0 Å². The minimum atomic E-state index is -0.514. The standard InChI is InChI=1S/C12H21N3O/c1-5-14-12(2,3)11(16)13-9-10-7-6-8-15(10)4/h6-8,14H,5,9H2,1-4H3,(H,13,16). The van der Waals surface area contributed by atoms with Gasteiger partial charge in [-0.1, -0.05) is 6.92 Å². The number of likely N-dealkylation sites (N-methyl/N-ethyl adjacent to an activating group) is 1. The van der Waals surface area contributed by atoms with Gasteiger partial charge in [0.2, 0.25) is 5.91 Å². The number of rotatable bonds is 5. The Morgan fingerprint density at radius 3 is 2.69 bits per heavy atom. The first-order valence-corrected chi connectivity index (χ1v) is 5.61. The van der Waals surface area contributed by atoms with Gasteiger partial charge in [0.25, 0.3) is 0 Å². The van der Waals surface area contributed by atoms with Gasteiger partial charge in [0.15, 0.2) is 0 Å². The number of aromatic nitrogens is 1. The molecule has 1 aromatic heterocycles. The molecule has 1 heterocycles. The lowest BCUT2D eigenvalue weighted by molar-refractivity contribution is -0.126. The molecule has 1 aromatic rings. The Balaban J connectivity index is 2.50. The number of carbonyl (C=O) groups excluding carboxylic acids is 1. The second-order valence-corrected chi connectivity index (χ2v) is 4.45. The van der Waals surface area contributed by atoms with Gasteiger partial charge in [0.05, 0.1) is 12.1 Å². The first-order chi connectivity index (χ1) is 7.47. The van der Waals surface area contributed by atoms with Crippen LogP contribution in [0.2, 0.25) is 0 Å². The van der Waals surface area contributed by atoms with Crippen molar-refractivity contribution in [1.82, 2.24) is 15.2 Å². The van der Waals surface area contributed by atoms with E-state index in [0.29, 0.717) is 6.54 Å². The number of aryl methyl sites for hydroxylation is 1. The van der Waals surface area contributed by atoms with Crippen LogP contribution in [0.15, 0.2) is 18.3 Å². The molecule has 16 heavy (non-hydrogen) atoms. The Bertz CT molecular complexity index is 355. The van der Waals surface area contributed by atoms with Crippen molar-refractivity contribution in [1.29, 1.82) is 0 Å². The lowest BCUT2D eigenvalue weighted by Crippen LogP contribution is -2.52. The third-order valence-electron chi connectivity index (χ3n) is 2.67. The highest BCUT2D eigenvalue weighted by Gasteiger charge is 2.25. The zero-order valence-electron chi connectivity index (χ0n) is 10.5. The molecule has 4 nitrogen and oxygen atoms in total. The van der Waals surface area contributed by atoms with E-state index >= 15 is 0 Å². The van der Waals surface area contributed by atoms with Crippen molar-refractivity contribution in [2.45, 2.75) is 32.9 Å². The van der Waals surface area contributed by atoms with Crippen molar-refractivity contribution in [3.05, 3.63) is 24.0 Å². The zero-order valence-corrected chi connectivity index (χ0v) is 10.5. The molecule has 0 radical (unpaired) electrons. The summed E-state index contributed by atoms with van der Waals surface area (Å²) in [6.45, 7) is 7.11. The summed E-state index contributed by atoms with van der Waals surface area (Å²) >= 11 is 0. The summed E-state index contributed by atoms with van der Waals surface area (Å²) in [4.78, 5) is 11.9. The summed E-state index contributed by atoms with van der Waals surface area (Å²) < 4.78 is 2.00. The van der Waals surface area contributed by atoms with E-state index in [1.807, 2.05) is 50.7 Å². The van der Waals surface area contributed by atoms with Crippen LogP contribution in [0, 0.1) is 0 Å². The summed E-state index contributed by atoms with van der Waals surface area (Å²) in [6, 6.07) is 3.97. The van der Waals surface area contributed by atoms with Crippen LogP contribution in [0.1, 0.15) is 26.5 Å². The topological polar surface area (TPSA) is 46.1 Å². The molecule has 1 amide bonds. The zero-order chi connectivity index (χ0) is 12.2. The normalized spacial score (nSPS) is 11.5. The van der Waals surface area contributed by atoms with Crippen LogP contribution in [-0.2, 0) is 18.4 Å². The Morgan fingerprint density at radius 2 is 2.19 bits per heavy atom. The first-order valence-electron chi connectivity index (χ1n) is 5.61. The van der Waals surface area contributed by atoms with Gasteiger partial charge < -0.3 is 15.2 Å². The van der Waals surface area contributed by atoms with Crippen molar-refractivity contribution < 1.29 is 4.79 Å². The molecule has 0 saturated heterocycles. The van der Waals surface area contributed by atoms with Crippen LogP contribution in [-0.4, -0.2) is 22.6 Å². The molecule has 2 N–H and O–H groups in total. The maximum absolute atomic E-state index is 11.9. The first kappa shape index (κ1) is 12.8. The van der Waals surface area contributed by atoms with Gasteiger partial charge in [-0.15, -0.1) is 0 Å². The molecule has 1 rings (SSSR count). The maximum atomic E-state index is 11.9. The van der Waals surface area contributed by atoms with Crippen LogP contribution in [0.3, 0.4) is 0 Å². The largest absolute Gasteiger partial charge is 0.353 e. The molecule has 0 unspecified atom stereocenters. The molecule has 0 saturated carbocycles. The van der Waals surface area contributed by atoms with E-state index in [1.54, 1.807) is 0 Å². The molecule has 0 atom stereocenters. The molecule has 0 aliphatic rings. The quantitative estimate of drug-likeness (QED) is 0.783. The molecule has 0 aliphatic carbocycles. The Morgan fingerprint density at radius 1 is 1.50 bits per heavy atom. The van der Waals surface area contributed by atoms with Gasteiger partial charge in [-0.05, 0) is 32.5 Å². The smallest absolute Gasteiger partial charge is 0.240 e. The number of hydrogen-bond donors (Lipinski definition) is 2. The molecule has 0 fully saturated rings. The Hall–Kier alpha value is -1.29. The summed E-state index contributed by atoms with van der Waals surface area (Å²) in [5.74, 6) is 0.0237. The lowest BCUT2D eigenvalue weighted by Gasteiger charge is -2.24. The van der Waals surface area contributed by atoms with Gasteiger partial charge in [0, 0.05) is 18.9 Å². The van der Waals surface area contributed by atoms with E-state index in [-0.39, 0.29) is 5.91 Å². The minimum absolute atomic E-state index is 0.0237. The summed E-state index contributed by atoms with van der Waals surface area (Å²) in [5.41, 5.74) is 0.584. The van der Waals surface area contributed by atoms with E-state index in [9.17, 15) is 4.79 Å².